The van der Waals surface area contributed by atoms with Gasteiger partial charge in [0.1, 0.15) is 13.2 Å². The second kappa shape index (κ2) is 5.27. The Kier molecular flexibility index (Phi) is 3.94. The van der Waals surface area contributed by atoms with Gasteiger partial charge in [-0.15, -0.1) is 0 Å². The highest BCUT2D eigenvalue weighted by Gasteiger charge is 2.22. The Morgan fingerprint density at radius 1 is 1.41 bits per heavy atom. The first-order chi connectivity index (χ1) is 8.19. The molecule has 94 valence electrons. The number of fused-ring (bicyclic) bond motifs is 1. The SMILES string of the molecule is CCc1c(C(C)CO)cc2c(c1Br)OCCO2. The van der Waals surface area contributed by atoms with Gasteiger partial charge >= 0.3 is 0 Å². The number of aliphatic hydroxyl groups excluding tert-OH is 1. The molecular weight excluding hydrogens is 284 g/mol. The van der Waals surface area contributed by atoms with E-state index in [-0.39, 0.29) is 12.5 Å². The van der Waals surface area contributed by atoms with Crippen molar-refractivity contribution in [3.63, 3.8) is 0 Å². The van der Waals surface area contributed by atoms with E-state index in [1.54, 1.807) is 0 Å². The Labute approximate surface area is 110 Å². The standard InChI is InChI=1S/C13H17BrO3/c1-3-9-10(8(2)7-15)6-11-13(12(9)14)17-5-4-16-11/h6,8,15H,3-5,7H2,1-2H3. The number of benzene rings is 1. The van der Waals surface area contributed by atoms with Gasteiger partial charge in [-0.25, -0.2) is 0 Å². The highest BCUT2D eigenvalue weighted by Crippen LogP contribution is 2.43. The van der Waals surface area contributed by atoms with Gasteiger partial charge in [0, 0.05) is 12.5 Å². The molecule has 1 N–H and O–H groups in total. The molecule has 1 aromatic carbocycles. The largest absolute Gasteiger partial charge is 0.486 e. The first-order valence-corrected chi connectivity index (χ1v) is 6.70. The molecule has 0 radical (unpaired) electrons. The van der Waals surface area contributed by atoms with Gasteiger partial charge in [-0.05, 0) is 39.5 Å². The van der Waals surface area contributed by atoms with Crippen LogP contribution in [0.2, 0.25) is 0 Å². The van der Waals surface area contributed by atoms with Crippen LogP contribution < -0.4 is 9.47 Å². The number of rotatable bonds is 3. The van der Waals surface area contributed by atoms with Crippen molar-refractivity contribution in [2.45, 2.75) is 26.2 Å². The molecule has 0 amide bonds. The quantitative estimate of drug-likeness (QED) is 0.933. The topological polar surface area (TPSA) is 38.7 Å². The molecule has 1 aliphatic heterocycles. The molecule has 0 spiro atoms. The van der Waals surface area contributed by atoms with Crippen molar-refractivity contribution in [2.75, 3.05) is 19.8 Å². The van der Waals surface area contributed by atoms with Crippen LogP contribution in [0.3, 0.4) is 0 Å². The third kappa shape index (κ3) is 2.29. The van der Waals surface area contributed by atoms with Crippen molar-refractivity contribution in [1.29, 1.82) is 0 Å². The van der Waals surface area contributed by atoms with Gasteiger partial charge in [-0.2, -0.15) is 0 Å². The fraction of sp³-hybridized carbons (Fsp3) is 0.538. The molecule has 1 atom stereocenters. The Hall–Kier alpha value is -0.740. The van der Waals surface area contributed by atoms with Crippen molar-refractivity contribution in [3.05, 3.63) is 21.7 Å². The van der Waals surface area contributed by atoms with Crippen LogP contribution in [0.15, 0.2) is 10.5 Å². The maximum atomic E-state index is 9.32. The van der Waals surface area contributed by atoms with E-state index in [0.29, 0.717) is 13.2 Å². The summed E-state index contributed by atoms with van der Waals surface area (Å²) in [5.41, 5.74) is 2.32. The summed E-state index contributed by atoms with van der Waals surface area (Å²) in [7, 11) is 0. The van der Waals surface area contributed by atoms with E-state index >= 15 is 0 Å². The maximum Gasteiger partial charge on any atom is 0.175 e. The molecule has 0 aromatic heterocycles. The van der Waals surface area contributed by atoms with Crippen LogP contribution in [0.4, 0.5) is 0 Å². The zero-order valence-corrected chi connectivity index (χ0v) is 11.7. The van der Waals surface area contributed by atoms with Crippen molar-refractivity contribution >= 4 is 15.9 Å². The lowest BCUT2D eigenvalue weighted by atomic mass is 9.94. The van der Waals surface area contributed by atoms with E-state index in [1.165, 1.54) is 5.56 Å². The third-order valence-corrected chi connectivity index (χ3v) is 3.91. The minimum absolute atomic E-state index is 0.108. The molecule has 1 aliphatic rings. The summed E-state index contributed by atoms with van der Waals surface area (Å²) in [6.45, 7) is 5.42. The van der Waals surface area contributed by atoms with Gasteiger partial charge in [0.15, 0.2) is 11.5 Å². The minimum atomic E-state index is 0.108. The summed E-state index contributed by atoms with van der Waals surface area (Å²) >= 11 is 3.59. The van der Waals surface area contributed by atoms with Crippen LogP contribution in [0, 0.1) is 0 Å². The normalized spacial score (nSPS) is 15.8. The lowest BCUT2D eigenvalue weighted by Crippen LogP contribution is -2.17. The van der Waals surface area contributed by atoms with E-state index in [9.17, 15) is 5.11 Å². The average Bonchev–Trinajstić information content (AvgIpc) is 2.37. The van der Waals surface area contributed by atoms with Crippen LogP contribution in [0.25, 0.3) is 0 Å². The average molecular weight is 301 g/mol. The second-order valence-corrected chi connectivity index (χ2v) is 5.01. The molecule has 1 aromatic rings. The molecule has 17 heavy (non-hydrogen) atoms. The predicted molar refractivity (Wildman–Crippen MR) is 70.0 cm³/mol. The first kappa shape index (κ1) is 12.7. The summed E-state index contributed by atoms with van der Waals surface area (Å²) in [5.74, 6) is 1.68. The molecule has 0 saturated carbocycles. The summed E-state index contributed by atoms with van der Waals surface area (Å²) in [4.78, 5) is 0. The fourth-order valence-corrected chi connectivity index (χ4v) is 2.92. The van der Waals surface area contributed by atoms with Gasteiger partial charge in [0.25, 0.3) is 0 Å². The summed E-state index contributed by atoms with van der Waals surface area (Å²) in [6.07, 6.45) is 0.900. The second-order valence-electron chi connectivity index (χ2n) is 4.22. The zero-order chi connectivity index (χ0) is 12.4. The molecule has 0 fully saturated rings. The Morgan fingerprint density at radius 3 is 2.76 bits per heavy atom. The highest BCUT2D eigenvalue weighted by molar-refractivity contribution is 9.10. The molecule has 0 bridgehead atoms. The molecule has 1 heterocycles. The number of aliphatic hydroxyl groups is 1. The molecule has 0 saturated heterocycles. The Bertz CT molecular complexity index is 418. The smallest absolute Gasteiger partial charge is 0.175 e. The van der Waals surface area contributed by atoms with Crippen LogP contribution in [0.5, 0.6) is 11.5 Å². The summed E-state index contributed by atoms with van der Waals surface area (Å²) in [5, 5.41) is 9.32. The summed E-state index contributed by atoms with van der Waals surface area (Å²) in [6, 6.07) is 2.00. The lowest BCUT2D eigenvalue weighted by Gasteiger charge is -2.24. The molecule has 4 heteroatoms. The number of halogens is 1. The predicted octanol–water partition coefficient (Wildman–Crippen LogP) is 2.88. The number of hydrogen-bond acceptors (Lipinski definition) is 3. The minimum Gasteiger partial charge on any atom is -0.486 e. The van der Waals surface area contributed by atoms with Gasteiger partial charge in [-0.3, -0.25) is 0 Å². The highest BCUT2D eigenvalue weighted by atomic mass is 79.9. The van der Waals surface area contributed by atoms with Gasteiger partial charge in [0.2, 0.25) is 0 Å². The molecular formula is C13H17BrO3. The van der Waals surface area contributed by atoms with E-state index in [0.717, 1.165) is 28.0 Å². The van der Waals surface area contributed by atoms with Crippen molar-refractivity contribution in [2.24, 2.45) is 0 Å². The zero-order valence-electron chi connectivity index (χ0n) is 10.1. The molecule has 1 unspecified atom stereocenters. The van der Waals surface area contributed by atoms with Crippen molar-refractivity contribution in [3.8, 4) is 11.5 Å². The van der Waals surface area contributed by atoms with Crippen molar-refractivity contribution < 1.29 is 14.6 Å². The monoisotopic (exact) mass is 300 g/mol. The van der Waals surface area contributed by atoms with Crippen LogP contribution in [-0.2, 0) is 6.42 Å². The van der Waals surface area contributed by atoms with E-state index < -0.39 is 0 Å². The maximum absolute atomic E-state index is 9.32. The van der Waals surface area contributed by atoms with Crippen LogP contribution in [0.1, 0.15) is 30.9 Å². The van der Waals surface area contributed by atoms with E-state index in [1.807, 2.05) is 13.0 Å². The van der Waals surface area contributed by atoms with Gasteiger partial charge in [0.05, 0.1) is 4.47 Å². The Balaban J connectivity index is 2.55. The van der Waals surface area contributed by atoms with E-state index in [2.05, 4.69) is 22.9 Å². The van der Waals surface area contributed by atoms with Crippen LogP contribution >= 0.6 is 15.9 Å². The third-order valence-electron chi connectivity index (χ3n) is 3.07. The Morgan fingerprint density at radius 2 is 2.12 bits per heavy atom. The van der Waals surface area contributed by atoms with Crippen LogP contribution in [-0.4, -0.2) is 24.9 Å². The molecule has 2 rings (SSSR count). The molecule has 3 nitrogen and oxygen atoms in total. The summed E-state index contributed by atoms with van der Waals surface area (Å²) < 4.78 is 12.2. The lowest BCUT2D eigenvalue weighted by molar-refractivity contribution is 0.169. The number of ether oxygens (including phenoxy) is 2. The molecule has 0 aliphatic carbocycles. The number of hydrogen-bond donors (Lipinski definition) is 1. The first-order valence-electron chi connectivity index (χ1n) is 5.90. The van der Waals surface area contributed by atoms with Gasteiger partial charge < -0.3 is 14.6 Å². The fourth-order valence-electron chi connectivity index (χ4n) is 2.10. The van der Waals surface area contributed by atoms with E-state index in [4.69, 9.17) is 9.47 Å². The van der Waals surface area contributed by atoms with Gasteiger partial charge in [-0.1, -0.05) is 13.8 Å². The van der Waals surface area contributed by atoms with Crippen molar-refractivity contribution in [1.82, 2.24) is 0 Å².